The fourth-order valence-corrected chi connectivity index (χ4v) is 4.32. The van der Waals surface area contributed by atoms with Crippen molar-refractivity contribution < 1.29 is 9.47 Å². The summed E-state index contributed by atoms with van der Waals surface area (Å²) in [7, 11) is 0. The fourth-order valence-electron chi connectivity index (χ4n) is 3.21. The molecule has 0 aromatic heterocycles. The van der Waals surface area contributed by atoms with Crippen LogP contribution in [0.1, 0.15) is 19.4 Å². The topological polar surface area (TPSA) is 62.1 Å². The highest BCUT2D eigenvalue weighted by Gasteiger charge is 2.18. The minimum absolute atomic E-state index is 0.581. The van der Waals surface area contributed by atoms with Gasteiger partial charge in [-0.05, 0) is 61.9 Å². The Morgan fingerprint density at radius 2 is 1.87 bits per heavy atom. The summed E-state index contributed by atoms with van der Waals surface area (Å²) in [6.45, 7) is 5.82. The number of aromatic nitrogens is 4. The van der Waals surface area contributed by atoms with E-state index >= 15 is 0 Å². The zero-order valence-corrected chi connectivity index (χ0v) is 19.0. The number of nitrogens with zero attached hydrogens (tertiary/aromatic N) is 4. The van der Waals surface area contributed by atoms with Gasteiger partial charge in [0.15, 0.2) is 11.0 Å². The van der Waals surface area contributed by atoms with E-state index in [1.54, 1.807) is 12.5 Å². The lowest BCUT2D eigenvalue weighted by molar-refractivity contribution is 0.323. The smallest absolute Gasteiger partial charge is 0.195 e. The maximum absolute atomic E-state index is 6.30. The van der Waals surface area contributed by atoms with Gasteiger partial charge < -0.3 is 14.0 Å². The van der Waals surface area contributed by atoms with Crippen LogP contribution in [0.3, 0.4) is 0 Å². The maximum atomic E-state index is 6.30. The first kappa shape index (κ1) is 21.5. The Balaban J connectivity index is 1.59. The van der Waals surface area contributed by atoms with Crippen molar-refractivity contribution in [2.24, 2.45) is 0 Å². The SMILES string of the molecule is CCOc1ccc(OCC)c(Sc2nc3cncn(CCc4ccccc4Cl)c-3n2)c1. The van der Waals surface area contributed by atoms with E-state index in [-0.39, 0.29) is 0 Å². The number of halogens is 1. The molecule has 0 atom stereocenters. The Kier molecular flexibility index (Phi) is 6.94. The standard InChI is InChI=1S/C23H23ClN4O2S/c1-3-29-17-9-10-20(30-4-2)21(13-17)31-23-26-19-14-25-15-28(22(19)27-23)12-11-16-7-5-6-8-18(16)24/h5-10,13-15H,3-4,11-12H2,1-2H3. The highest BCUT2D eigenvalue weighted by molar-refractivity contribution is 7.99. The van der Waals surface area contributed by atoms with E-state index in [2.05, 4.69) is 9.97 Å². The van der Waals surface area contributed by atoms with Gasteiger partial charge in [-0.25, -0.2) is 15.0 Å². The van der Waals surface area contributed by atoms with Gasteiger partial charge in [0.05, 0.1) is 30.6 Å². The van der Waals surface area contributed by atoms with Gasteiger partial charge in [-0.15, -0.1) is 0 Å². The quantitative estimate of drug-likeness (QED) is 0.327. The molecular formula is C23H23ClN4O2S. The lowest BCUT2D eigenvalue weighted by Crippen LogP contribution is -2.07. The molecule has 0 saturated heterocycles. The number of hydrogen-bond acceptors (Lipinski definition) is 6. The number of benzene rings is 2. The third-order valence-electron chi connectivity index (χ3n) is 4.63. The van der Waals surface area contributed by atoms with Gasteiger partial charge in [0, 0.05) is 11.6 Å². The van der Waals surface area contributed by atoms with E-state index in [0.29, 0.717) is 24.9 Å². The maximum Gasteiger partial charge on any atom is 0.195 e. The molecule has 2 aromatic rings. The summed E-state index contributed by atoms with van der Waals surface area (Å²) in [6, 6.07) is 13.7. The van der Waals surface area contributed by atoms with E-state index in [1.165, 1.54) is 11.8 Å². The molecule has 0 saturated carbocycles. The first-order valence-electron chi connectivity index (χ1n) is 10.2. The largest absolute Gasteiger partial charge is 0.494 e. The Hall–Kier alpha value is -2.77. The number of aryl methyl sites for hydroxylation is 2. The second kappa shape index (κ2) is 10.0. The van der Waals surface area contributed by atoms with E-state index in [0.717, 1.165) is 44.9 Å². The second-order valence-electron chi connectivity index (χ2n) is 6.72. The summed E-state index contributed by atoms with van der Waals surface area (Å²) in [5.41, 5.74) is 1.85. The molecule has 0 amide bonds. The van der Waals surface area contributed by atoms with Gasteiger partial charge in [-0.1, -0.05) is 29.8 Å². The average Bonchev–Trinajstić information content (AvgIpc) is 3.18. The van der Waals surface area contributed by atoms with Crippen LogP contribution < -0.4 is 9.47 Å². The molecule has 6 nitrogen and oxygen atoms in total. The van der Waals surface area contributed by atoms with Gasteiger partial charge in [-0.2, -0.15) is 0 Å². The van der Waals surface area contributed by atoms with Gasteiger partial charge in [0.1, 0.15) is 17.2 Å². The van der Waals surface area contributed by atoms with Gasteiger partial charge in [-0.3, -0.25) is 0 Å². The van der Waals surface area contributed by atoms with E-state index in [1.807, 2.05) is 60.9 Å². The van der Waals surface area contributed by atoms with Crippen LogP contribution in [-0.4, -0.2) is 32.7 Å². The Morgan fingerprint density at radius 3 is 2.68 bits per heavy atom. The summed E-state index contributed by atoms with van der Waals surface area (Å²) < 4.78 is 13.4. The molecule has 2 aromatic carbocycles. The molecular weight excluding hydrogens is 432 g/mol. The van der Waals surface area contributed by atoms with E-state index in [9.17, 15) is 0 Å². The van der Waals surface area contributed by atoms with Crippen LogP contribution in [0.5, 0.6) is 11.5 Å². The number of hydrogen-bond donors (Lipinski definition) is 0. The summed E-state index contributed by atoms with van der Waals surface area (Å²) in [5.74, 6) is 2.37. The van der Waals surface area contributed by atoms with Crippen LogP contribution in [0.2, 0.25) is 5.02 Å². The first-order chi connectivity index (χ1) is 15.2. The minimum atomic E-state index is 0.581. The lowest BCUT2D eigenvalue weighted by Gasteiger charge is -2.11. The number of imidazole rings is 1. The fraction of sp³-hybridized carbons (Fsp3) is 0.261. The molecule has 0 bridgehead atoms. The molecule has 0 spiro atoms. The summed E-state index contributed by atoms with van der Waals surface area (Å²) in [5, 5.41) is 1.41. The van der Waals surface area contributed by atoms with Crippen molar-refractivity contribution in [3.63, 3.8) is 0 Å². The molecule has 0 radical (unpaired) electrons. The third-order valence-corrected chi connectivity index (χ3v) is 5.90. The van der Waals surface area contributed by atoms with Crippen LogP contribution in [-0.2, 0) is 13.0 Å². The monoisotopic (exact) mass is 454 g/mol. The second-order valence-corrected chi connectivity index (χ2v) is 8.14. The molecule has 0 fully saturated rings. The van der Waals surface area contributed by atoms with Crippen LogP contribution in [0.25, 0.3) is 11.5 Å². The first-order valence-corrected chi connectivity index (χ1v) is 11.4. The molecule has 2 heterocycles. The molecule has 2 aliphatic heterocycles. The molecule has 0 aliphatic carbocycles. The summed E-state index contributed by atoms with van der Waals surface area (Å²) >= 11 is 7.76. The minimum Gasteiger partial charge on any atom is -0.494 e. The van der Waals surface area contributed by atoms with Crippen molar-refractivity contribution in [2.45, 2.75) is 36.9 Å². The van der Waals surface area contributed by atoms with Crippen molar-refractivity contribution >= 4 is 23.4 Å². The molecule has 160 valence electrons. The summed E-state index contributed by atoms with van der Waals surface area (Å²) in [4.78, 5) is 14.7. The van der Waals surface area contributed by atoms with Crippen molar-refractivity contribution in [1.82, 2.24) is 19.5 Å². The molecule has 0 N–H and O–H groups in total. The predicted molar refractivity (Wildman–Crippen MR) is 122 cm³/mol. The predicted octanol–water partition coefficient (Wildman–Crippen LogP) is 5.62. The van der Waals surface area contributed by atoms with Crippen LogP contribution in [0.4, 0.5) is 0 Å². The van der Waals surface area contributed by atoms with Crippen LogP contribution in [0, 0.1) is 0 Å². The number of ether oxygens (including phenoxy) is 2. The molecule has 8 heteroatoms. The van der Waals surface area contributed by atoms with Crippen molar-refractivity contribution in [3.05, 3.63) is 65.6 Å². The van der Waals surface area contributed by atoms with Gasteiger partial charge in [0.25, 0.3) is 0 Å². The Labute approximate surface area is 191 Å². The highest BCUT2D eigenvalue weighted by Crippen LogP contribution is 2.37. The normalized spacial score (nSPS) is 11.1. The van der Waals surface area contributed by atoms with Crippen molar-refractivity contribution in [2.75, 3.05) is 13.2 Å². The number of fused-ring (bicyclic) bond motifs is 1. The molecule has 31 heavy (non-hydrogen) atoms. The van der Waals surface area contributed by atoms with Crippen LogP contribution in [0.15, 0.2) is 65.0 Å². The zero-order chi connectivity index (χ0) is 21.6. The van der Waals surface area contributed by atoms with Gasteiger partial charge >= 0.3 is 0 Å². The number of rotatable bonds is 9. The zero-order valence-electron chi connectivity index (χ0n) is 17.4. The summed E-state index contributed by atoms with van der Waals surface area (Å²) in [6.07, 6.45) is 4.30. The van der Waals surface area contributed by atoms with Crippen molar-refractivity contribution in [3.8, 4) is 23.0 Å². The Morgan fingerprint density at radius 1 is 1.03 bits per heavy atom. The average molecular weight is 455 g/mol. The molecule has 4 rings (SSSR count). The van der Waals surface area contributed by atoms with Gasteiger partial charge in [0.2, 0.25) is 0 Å². The van der Waals surface area contributed by atoms with E-state index in [4.69, 9.17) is 26.1 Å². The third kappa shape index (κ3) is 5.11. The highest BCUT2D eigenvalue weighted by atomic mass is 35.5. The molecule has 0 unspecified atom stereocenters. The Bertz CT molecular complexity index is 1130. The van der Waals surface area contributed by atoms with Crippen LogP contribution >= 0.6 is 23.4 Å². The molecule has 2 aliphatic rings. The van der Waals surface area contributed by atoms with E-state index < -0.39 is 0 Å². The lowest BCUT2D eigenvalue weighted by atomic mass is 10.1. The van der Waals surface area contributed by atoms with Crippen molar-refractivity contribution in [1.29, 1.82) is 0 Å².